The Labute approximate surface area is 190 Å². The molecule has 1 amide bonds. The molecule has 6 N–H and O–H groups in total. The van der Waals surface area contributed by atoms with E-state index in [4.69, 9.17) is 14.2 Å². The molecule has 0 unspecified atom stereocenters. The summed E-state index contributed by atoms with van der Waals surface area (Å²) in [6.07, 6.45) is -7.01. The van der Waals surface area contributed by atoms with Gasteiger partial charge in [-0.2, -0.15) is 0 Å². The maximum absolute atomic E-state index is 12.9. The van der Waals surface area contributed by atoms with Crippen LogP contribution in [-0.4, -0.2) is 86.4 Å². The third-order valence-electron chi connectivity index (χ3n) is 5.15. The third kappa shape index (κ3) is 6.21. The van der Waals surface area contributed by atoms with E-state index in [1.54, 1.807) is 27.0 Å². The number of nitrogens with one attached hydrogen (secondary N) is 2. The lowest BCUT2D eigenvalue weighted by atomic mass is 9.99. The van der Waals surface area contributed by atoms with Crippen molar-refractivity contribution in [2.24, 2.45) is 0 Å². The first-order valence-corrected chi connectivity index (χ1v) is 10.5. The summed E-state index contributed by atoms with van der Waals surface area (Å²) < 4.78 is 15.5. The molecule has 0 bridgehead atoms. The monoisotopic (exact) mass is 466 g/mol. The largest absolute Gasteiger partial charge is 0.461 e. The number of carbonyl (C=O) groups excluding carboxylic acids is 2. The van der Waals surface area contributed by atoms with Gasteiger partial charge in [0.05, 0.1) is 0 Å². The summed E-state index contributed by atoms with van der Waals surface area (Å²) in [5.41, 5.74) is 0.829. The van der Waals surface area contributed by atoms with Crippen molar-refractivity contribution >= 4 is 23.0 Å². The highest BCUT2D eigenvalue weighted by Crippen LogP contribution is 2.22. The highest BCUT2D eigenvalue weighted by molar-refractivity contribution is 5.86. The highest BCUT2D eigenvalue weighted by atomic mass is 16.7. The number of hydrogen-bond acceptors (Lipinski definition) is 9. The van der Waals surface area contributed by atoms with Gasteiger partial charge >= 0.3 is 12.1 Å². The number of ether oxygens (including phenoxy) is 3. The minimum Gasteiger partial charge on any atom is -0.461 e. The summed E-state index contributed by atoms with van der Waals surface area (Å²) in [5.74, 6) is -0.836. The van der Waals surface area contributed by atoms with Gasteiger partial charge in [0, 0.05) is 23.5 Å². The van der Waals surface area contributed by atoms with Crippen LogP contribution in [0.4, 0.5) is 4.79 Å². The van der Waals surface area contributed by atoms with Crippen molar-refractivity contribution in [2.45, 2.75) is 69.5 Å². The van der Waals surface area contributed by atoms with Gasteiger partial charge in [0.1, 0.15) is 42.7 Å². The molecule has 182 valence electrons. The first-order chi connectivity index (χ1) is 15.5. The Kier molecular flexibility index (Phi) is 7.60. The Bertz CT molecular complexity index is 970. The van der Waals surface area contributed by atoms with Gasteiger partial charge in [0.15, 0.2) is 6.29 Å². The molecule has 2 heterocycles. The maximum atomic E-state index is 12.9. The number of amides is 1. The van der Waals surface area contributed by atoms with E-state index in [1.807, 2.05) is 24.3 Å². The van der Waals surface area contributed by atoms with Gasteiger partial charge in [0.25, 0.3) is 0 Å². The molecule has 2 aromatic rings. The number of carbonyl (C=O) groups is 2. The molecule has 0 aliphatic carbocycles. The molecule has 0 radical (unpaired) electrons. The molecule has 1 aromatic heterocycles. The van der Waals surface area contributed by atoms with E-state index in [1.165, 1.54) is 0 Å². The number of hydrogen-bond donors (Lipinski definition) is 6. The number of alkyl carbamates (subject to hydrolysis) is 1. The fraction of sp³-hybridized carbons (Fsp3) is 0.545. The SMILES string of the molecule is CC(C)(C)OC(=O)N[C@H](Cc1c[nH]c2ccccc12)C(=O)OC[C@@H]1O[C@@H](O)[C@H](O)[C@@H](O)[C@@H]1O. The standard InChI is InChI=1S/C22H30N2O9/c1-22(2,3)33-21(30)24-14(8-11-9-23-13-7-5-4-6-12(11)13)19(28)31-10-15-16(25)17(26)18(27)20(29)32-15/h4-7,9,14-18,20,23,25-27,29H,8,10H2,1-3H3,(H,24,30)/t14-,15+,16-,17+,18-,20-/m1/s1. The predicted molar refractivity (Wildman–Crippen MR) is 115 cm³/mol. The smallest absolute Gasteiger partial charge is 0.408 e. The molecule has 33 heavy (non-hydrogen) atoms. The number of aliphatic hydroxyl groups excluding tert-OH is 4. The van der Waals surface area contributed by atoms with Crippen molar-refractivity contribution in [3.8, 4) is 0 Å². The highest BCUT2D eigenvalue weighted by Gasteiger charge is 2.43. The van der Waals surface area contributed by atoms with Crippen molar-refractivity contribution in [2.75, 3.05) is 6.61 Å². The molecule has 0 spiro atoms. The number of para-hydroxylation sites is 1. The Morgan fingerprint density at radius 1 is 1.12 bits per heavy atom. The van der Waals surface area contributed by atoms with Gasteiger partial charge in [-0.3, -0.25) is 0 Å². The topological polar surface area (TPSA) is 171 Å². The summed E-state index contributed by atoms with van der Waals surface area (Å²) in [4.78, 5) is 28.3. The van der Waals surface area contributed by atoms with Gasteiger partial charge in [0.2, 0.25) is 0 Å². The normalized spacial score (nSPS) is 26.6. The van der Waals surface area contributed by atoms with E-state index in [2.05, 4.69) is 10.3 Å². The molecule has 1 aliphatic heterocycles. The first kappa shape index (κ1) is 24.9. The first-order valence-electron chi connectivity index (χ1n) is 10.5. The molecule has 1 aromatic carbocycles. The third-order valence-corrected chi connectivity index (χ3v) is 5.15. The van der Waals surface area contributed by atoms with E-state index in [0.717, 1.165) is 16.5 Å². The van der Waals surface area contributed by atoms with E-state index in [-0.39, 0.29) is 6.42 Å². The second kappa shape index (κ2) is 10.1. The van der Waals surface area contributed by atoms with Crippen LogP contribution in [0.15, 0.2) is 30.5 Å². The average Bonchev–Trinajstić information content (AvgIpc) is 3.14. The van der Waals surface area contributed by atoms with Crippen LogP contribution in [0.5, 0.6) is 0 Å². The Balaban J connectivity index is 1.72. The van der Waals surface area contributed by atoms with Crippen molar-refractivity contribution < 1.29 is 44.2 Å². The average molecular weight is 466 g/mol. The molecule has 11 heteroatoms. The molecule has 6 atom stereocenters. The van der Waals surface area contributed by atoms with E-state index in [0.29, 0.717) is 0 Å². The van der Waals surface area contributed by atoms with E-state index in [9.17, 15) is 30.0 Å². The van der Waals surface area contributed by atoms with Gasteiger partial charge in [-0.25, -0.2) is 9.59 Å². The van der Waals surface area contributed by atoms with Gasteiger partial charge < -0.3 is 44.9 Å². The quantitative estimate of drug-likeness (QED) is 0.319. The minimum absolute atomic E-state index is 0.0835. The number of aromatic amines is 1. The zero-order chi connectivity index (χ0) is 24.3. The number of H-pyrrole nitrogens is 1. The van der Waals surface area contributed by atoms with Crippen LogP contribution < -0.4 is 5.32 Å². The van der Waals surface area contributed by atoms with Gasteiger partial charge in [-0.05, 0) is 32.4 Å². The Hall–Kier alpha value is -2.70. The number of esters is 1. The maximum Gasteiger partial charge on any atom is 0.408 e. The number of benzene rings is 1. The number of aliphatic hydroxyl groups is 4. The molecule has 1 saturated heterocycles. The van der Waals surface area contributed by atoms with E-state index >= 15 is 0 Å². The lowest BCUT2D eigenvalue weighted by Gasteiger charge is -2.38. The van der Waals surface area contributed by atoms with Gasteiger partial charge in [-0.15, -0.1) is 0 Å². The molecule has 11 nitrogen and oxygen atoms in total. The lowest BCUT2D eigenvalue weighted by molar-refractivity contribution is -0.287. The minimum atomic E-state index is -1.76. The number of rotatable bonds is 6. The summed E-state index contributed by atoms with van der Waals surface area (Å²) in [5, 5.41) is 42.4. The number of fused-ring (bicyclic) bond motifs is 1. The molecule has 3 rings (SSSR count). The summed E-state index contributed by atoms with van der Waals surface area (Å²) in [6, 6.07) is 6.32. The van der Waals surface area contributed by atoms with Gasteiger partial charge in [-0.1, -0.05) is 18.2 Å². The van der Waals surface area contributed by atoms with Crippen LogP contribution in [0.3, 0.4) is 0 Å². The Morgan fingerprint density at radius 2 is 1.82 bits per heavy atom. The van der Waals surface area contributed by atoms with Crippen molar-refractivity contribution in [1.29, 1.82) is 0 Å². The molecule has 1 aliphatic rings. The van der Waals surface area contributed by atoms with E-state index < -0.39 is 61.0 Å². The Morgan fingerprint density at radius 3 is 2.52 bits per heavy atom. The van der Waals surface area contributed by atoms with Crippen molar-refractivity contribution in [3.05, 3.63) is 36.0 Å². The lowest BCUT2D eigenvalue weighted by Crippen LogP contribution is -2.59. The van der Waals surface area contributed by atoms with Crippen LogP contribution in [0, 0.1) is 0 Å². The summed E-state index contributed by atoms with van der Waals surface area (Å²) >= 11 is 0. The molecule has 0 saturated carbocycles. The molecular formula is C22H30N2O9. The van der Waals surface area contributed by atoms with Crippen LogP contribution in [0.1, 0.15) is 26.3 Å². The predicted octanol–water partition coefficient (Wildman–Crippen LogP) is -0.0532. The second-order valence-corrected chi connectivity index (χ2v) is 8.93. The van der Waals surface area contributed by atoms with Crippen LogP contribution in [0.25, 0.3) is 10.9 Å². The zero-order valence-electron chi connectivity index (χ0n) is 18.6. The molecular weight excluding hydrogens is 436 g/mol. The van der Waals surface area contributed by atoms with Crippen molar-refractivity contribution in [1.82, 2.24) is 10.3 Å². The number of aromatic nitrogens is 1. The zero-order valence-corrected chi connectivity index (χ0v) is 18.6. The second-order valence-electron chi connectivity index (χ2n) is 8.93. The molecule has 1 fully saturated rings. The van der Waals surface area contributed by atoms with Crippen LogP contribution >= 0.6 is 0 Å². The summed E-state index contributed by atoms with van der Waals surface area (Å²) in [7, 11) is 0. The van der Waals surface area contributed by atoms with Crippen molar-refractivity contribution in [3.63, 3.8) is 0 Å². The van der Waals surface area contributed by atoms with Crippen LogP contribution in [-0.2, 0) is 25.4 Å². The van der Waals surface area contributed by atoms with Crippen LogP contribution in [0.2, 0.25) is 0 Å². The fourth-order valence-electron chi connectivity index (χ4n) is 3.50. The summed E-state index contributed by atoms with van der Waals surface area (Å²) in [6.45, 7) is 4.53. The fourth-order valence-corrected chi connectivity index (χ4v) is 3.50.